The van der Waals surface area contributed by atoms with Crippen LogP contribution in [0.2, 0.25) is 0 Å². The molecule has 0 radical (unpaired) electrons. The average Bonchev–Trinajstić information content (AvgIpc) is 3.54. The Kier molecular flexibility index (Phi) is 3.98. The van der Waals surface area contributed by atoms with Crippen LogP contribution in [0.5, 0.6) is 0 Å². The van der Waals surface area contributed by atoms with Gasteiger partial charge in [-0.1, -0.05) is 103 Å². The Morgan fingerprint density at radius 2 is 0.805 bits per heavy atom. The molecule has 0 aliphatic carbocycles. The number of rotatable bonds is 1. The molecule has 0 amide bonds. The molecule has 8 aromatic carbocycles. The molecule has 0 unspecified atom stereocenters. The summed E-state index contributed by atoms with van der Waals surface area (Å²) in [6.45, 7) is 0. The molecule has 0 aliphatic heterocycles. The van der Waals surface area contributed by atoms with Crippen LogP contribution in [0, 0.1) is 0 Å². The van der Waals surface area contributed by atoms with E-state index in [9.17, 15) is 0 Å². The van der Waals surface area contributed by atoms with Gasteiger partial charge in [0.2, 0.25) is 0 Å². The predicted octanol–water partition coefficient (Wildman–Crippen LogP) is 11.1. The lowest BCUT2D eigenvalue weighted by molar-refractivity contribution is 1.37. The van der Waals surface area contributed by atoms with Crippen LogP contribution in [0.3, 0.4) is 0 Å². The van der Waals surface area contributed by atoms with Crippen LogP contribution in [0.15, 0.2) is 140 Å². The lowest BCUT2D eigenvalue weighted by atomic mass is 9.91. The van der Waals surface area contributed by atoms with Crippen LogP contribution >= 0.6 is 0 Å². The monoisotopic (exact) mass is 517 g/mol. The summed E-state index contributed by atoms with van der Waals surface area (Å²) < 4.78 is 2.48. The van der Waals surface area contributed by atoms with Gasteiger partial charge in [0.15, 0.2) is 0 Å². The first-order valence-corrected chi connectivity index (χ1v) is 14.3. The van der Waals surface area contributed by atoms with Crippen molar-refractivity contribution >= 4 is 81.2 Å². The zero-order valence-corrected chi connectivity index (χ0v) is 22.2. The van der Waals surface area contributed by atoms with Crippen molar-refractivity contribution in [1.29, 1.82) is 0 Å². The fourth-order valence-electron chi connectivity index (χ4n) is 7.44. The van der Waals surface area contributed by atoms with Crippen LogP contribution in [-0.4, -0.2) is 4.40 Å². The summed E-state index contributed by atoms with van der Waals surface area (Å²) in [5, 5.41) is 15.7. The second kappa shape index (κ2) is 7.62. The zero-order valence-electron chi connectivity index (χ0n) is 22.2. The summed E-state index contributed by atoms with van der Waals surface area (Å²) in [6.07, 6.45) is 0. The van der Waals surface area contributed by atoms with E-state index < -0.39 is 0 Å². The van der Waals surface area contributed by atoms with E-state index in [1.54, 1.807) is 0 Å². The smallest absolute Gasteiger partial charge is 0.0620 e. The summed E-state index contributed by atoms with van der Waals surface area (Å²) in [4.78, 5) is 0. The van der Waals surface area contributed by atoms with E-state index in [2.05, 4.69) is 144 Å². The van der Waals surface area contributed by atoms with E-state index in [1.807, 2.05) is 0 Å². The Hall–Kier alpha value is -5.40. The van der Waals surface area contributed by atoms with E-state index in [0.29, 0.717) is 0 Å². The molecular weight excluding hydrogens is 494 g/mol. The van der Waals surface area contributed by atoms with Crippen molar-refractivity contribution in [2.24, 2.45) is 0 Å². The molecule has 0 spiro atoms. The largest absolute Gasteiger partial charge is 0.308 e. The second-order valence-electron chi connectivity index (χ2n) is 11.3. The number of nitrogens with zero attached hydrogens (tertiary/aromatic N) is 1. The van der Waals surface area contributed by atoms with E-state index in [4.69, 9.17) is 0 Å². The Labute approximate surface area is 235 Å². The van der Waals surface area contributed by atoms with Gasteiger partial charge in [-0.25, -0.2) is 0 Å². The summed E-state index contributed by atoms with van der Waals surface area (Å²) in [7, 11) is 0. The minimum atomic E-state index is 1.25. The van der Waals surface area contributed by atoms with E-state index in [-0.39, 0.29) is 0 Å². The molecule has 10 rings (SSSR count). The maximum absolute atomic E-state index is 2.48. The summed E-state index contributed by atoms with van der Waals surface area (Å²) in [5.41, 5.74) is 6.37. The minimum absolute atomic E-state index is 1.25. The normalized spacial score (nSPS) is 12.4. The van der Waals surface area contributed by atoms with Crippen molar-refractivity contribution in [2.45, 2.75) is 0 Å². The molecule has 10 aromatic rings. The van der Waals surface area contributed by atoms with Gasteiger partial charge in [0.1, 0.15) is 0 Å². The Balaban J connectivity index is 1.35. The molecule has 2 aromatic heterocycles. The second-order valence-corrected chi connectivity index (χ2v) is 11.3. The van der Waals surface area contributed by atoms with Gasteiger partial charge in [0.05, 0.1) is 16.6 Å². The number of fused-ring (bicyclic) bond motifs is 13. The maximum atomic E-state index is 2.48. The van der Waals surface area contributed by atoms with Crippen molar-refractivity contribution in [3.63, 3.8) is 0 Å². The highest BCUT2D eigenvalue weighted by atomic mass is 14.9. The SMILES string of the molecule is c1ccc2cc3c(cc2c1)c1cc(-c2ccc4c5ccccc5c5ccccc5c4c2)cc2c4ccccc4n3c21. The van der Waals surface area contributed by atoms with Crippen LogP contribution in [0.1, 0.15) is 0 Å². The number of hydrogen-bond acceptors (Lipinski definition) is 0. The third-order valence-corrected chi connectivity index (χ3v) is 9.24. The van der Waals surface area contributed by atoms with E-state index >= 15 is 0 Å². The fourth-order valence-corrected chi connectivity index (χ4v) is 7.44. The third kappa shape index (κ3) is 2.75. The quantitative estimate of drug-likeness (QED) is 0.191. The Bertz CT molecular complexity index is 2650. The molecule has 0 N–H and O–H groups in total. The fraction of sp³-hybridized carbons (Fsp3) is 0. The molecule has 188 valence electrons. The molecule has 41 heavy (non-hydrogen) atoms. The molecule has 2 heterocycles. The first kappa shape index (κ1) is 21.4. The van der Waals surface area contributed by atoms with Crippen LogP contribution in [0.4, 0.5) is 0 Å². The van der Waals surface area contributed by atoms with E-state index in [1.165, 1.54) is 92.3 Å². The lowest BCUT2D eigenvalue weighted by Gasteiger charge is -2.12. The molecule has 0 saturated carbocycles. The van der Waals surface area contributed by atoms with Gasteiger partial charge in [-0.3, -0.25) is 0 Å². The number of para-hydroxylation sites is 1. The molecule has 0 aliphatic rings. The zero-order chi connectivity index (χ0) is 26.7. The summed E-state index contributed by atoms with van der Waals surface area (Å²) >= 11 is 0. The third-order valence-electron chi connectivity index (χ3n) is 9.24. The van der Waals surface area contributed by atoms with Crippen LogP contribution in [-0.2, 0) is 0 Å². The highest BCUT2D eigenvalue weighted by molar-refractivity contribution is 6.27. The van der Waals surface area contributed by atoms with Crippen molar-refractivity contribution in [1.82, 2.24) is 4.40 Å². The number of aromatic nitrogens is 1. The van der Waals surface area contributed by atoms with Gasteiger partial charge in [0.25, 0.3) is 0 Å². The van der Waals surface area contributed by atoms with Gasteiger partial charge in [0, 0.05) is 21.5 Å². The van der Waals surface area contributed by atoms with Crippen molar-refractivity contribution in [2.75, 3.05) is 0 Å². The van der Waals surface area contributed by atoms with Gasteiger partial charge in [-0.05, 0) is 90.6 Å². The molecular formula is C40H23N. The van der Waals surface area contributed by atoms with Gasteiger partial charge < -0.3 is 4.40 Å². The number of benzene rings is 8. The Morgan fingerprint density at radius 1 is 0.293 bits per heavy atom. The molecule has 0 atom stereocenters. The first-order chi connectivity index (χ1) is 20.3. The highest BCUT2D eigenvalue weighted by Crippen LogP contribution is 2.44. The molecule has 0 bridgehead atoms. The molecule has 1 nitrogen and oxygen atoms in total. The topological polar surface area (TPSA) is 4.41 Å². The minimum Gasteiger partial charge on any atom is -0.308 e. The highest BCUT2D eigenvalue weighted by Gasteiger charge is 2.19. The van der Waals surface area contributed by atoms with Gasteiger partial charge >= 0.3 is 0 Å². The van der Waals surface area contributed by atoms with Crippen molar-refractivity contribution in [3.8, 4) is 11.1 Å². The lowest BCUT2D eigenvalue weighted by Crippen LogP contribution is -1.85. The van der Waals surface area contributed by atoms with Gasteiger partial charge in [-0.2, -0.15) is 0 Å². The summed E-state index contributed by atoms with van der Waals surface area (Å²) in [6, 6.07) is 51.8. The molecule has 0 saturated heterocycles. The van der Waals surface area contributed by atoms with Crippen molar-refractivity contribution in [3.05, 3.63) is 140 Å². The van der Waals surface area contributed by atoms with Crippen molar-refractivity contribution < 1.29 is 0 Å². The molecule has 1 heteroatoms. The van der Waals surface area contributed by atoms with Crippen LogP contribution < -0.4 is 0 Å². The van der Waals surface area contributed by atoms with E-state index in [0.717, 1.165) is 0 Å². The average molecular weight is 518 g/mol. The van der Waals surface area contributed by atoms with Crippen LogP contribution in [0.25, 0.3) is 92.3 Å². The maximum Gasteiger partial charge on any atom is 0.0620 e. The summed E-state index contributed by atoms with van der Waals surface area (Å²) in [5.74, 6) is 0. The van der Waals surface area contributed by atoms with Gasteiger partial charge in [-0.15, -0.1) is 0 Å². The number of hydrogen-bond donors (Lipinski definition) is 0. The first-order valence-electron chi connectivity index (χ1n) is 14.3. The predicted molar refractivity (Wildman–Crippen MR) is 177 cm³/mol. The molecule has 0 fully saturated rings. The standard InChI is InChI=1S/C40H23N/c1-2-10-25-23-39-35(20-24(25)9-1)37-22-27(21-36-33-15-7-8-16-38(33)41(39)40(36)37)26-17-18-32-30-13-4-3-11-28(30)29-12-5-6-14-31(29)34(32)19-26/h1-23H. The Morgan fingerprint density at radius 3 is 1.51 bits per heavy atom.